The zero-order chi connectivity index (χ0) is 9.26. The van der Waals surface area contributed by atoms with Crippen molar-refractivity contribution < 1.29 is 4.42 Å². The van der Waals surface area contributed by atoms with Crippen LogP contribution in [0.1, 0.15) is 0 Å². The Balaban J connectivity index is 2.41. The largest absolute Gasteiger partial charge is 0.411 e. The summed E-state index contributed by atoms with van der Waals surface area (Å²) in [5.41, 5.74) is 0.885. The number of thiol groups is 1. The predicted molar refractivity (Wildman–Crippen MR) is 54.7 cm³/mol. The maximum absolute atomic E-state index is 5.14. The van der Waals surface area contributed by atoms with Crippen LogP contribution in [0.15, 0.2) is 38.4 Å². The molecule has 3 nitrogen and oxygen atoms in total. The highest BCUT2D eigenvalue weighted by Gasteiger charge is 2.04. The number of hydrogen-bond acceptors (Lipinski definition) is 4. The van der Waals surface area contributed by atoms with Gasteiger partial charge >= 0.3 is 0 Å². The Hall–Kier alpha value is -0.810. The second kappa shape index (κ2) is 3.51. The molecule has 2 aromatic rings. The average molecular weight is 257 g/mol. The van der Waals surface area contributed by atoms with Gasteiger partial charge in [0, 0.05) is 10.0 Å². The van der Waals surface area contributed by atoms with Crippen LogP contribution in [0, 0.1) is 0 Å². The molecular weight excluding hydrogens is 252 g/mol. The molecule has 1 aromatic carbocycles. The van der Waals surface area contributed by atoms with Crippen LogP contribution in [0.2, 0.25) is 0 Å². The molecule has 0 bridgehead atoms. The summed E-state index contributed by atoms with van der Waals surface area (Å²) in [5.74, 6) is 0.484. The molecule has 1 aromatic heterocycles. The van der Waals surface area contributed by atoms with Crippen molar-refractivity contribution in [1.29, 1.82) is 0 Å². The minimum absolute atomic E-state index is 0.276. The van der Waals surface area contributed by atoms with Crippen LogP contribution in [0.25, 0.3) is 11.5 Å². The average Bonchev–Trinajstić information content (AvgIpc) is 2.53. The van der Waals surface area contributed by atoms with E-state index in [2.05, 4.69) is 38.8 Å². The Bertz CT molecular complexity index is 412. The van der Waals surface area contributed by atoms with Crippen molar-refractivity contribution in [2.24, 2.45) is 0 Å². The van der Waals surface area contributed by atoms with Crippen LogP contribution in [0.5, 0.6) is 0 Å². The third-order valence-electron chi connectivity index (χ3n) is 1.51. The van der Waals surface area contributed by atoms with Crippen LogP contribution in [0.3, 0.4) is 0 Å². The molecule has 2 rings (SSSR count). The van der Waals surface area contributed by atoms with Crippen LogP contribution in [0.4, 0.5) is 0 Å². The zero-order valence-corrected chi connectivity index (χ0v) is 8.92. The van der Waals surface area contributed by atoms with Crippen LogP contribution < -0.4 is 0 Å². The molecule has 1 heterocycles. The number of rotatable bonds is 1. The van der Waals surface area contributed by atoms with Gasteiger partial charge in [-0.15, -0.1) is 10.2 Å². The topological polar surface area (TPSA) is 38.9 Å². The van der Waals surface area contributed by atoms with Crippen molar-refractivity contribution in [3.63, 3.8) is 0 Å². The van der Waals surface area contributed by atoms with Crippen LogP contribution in [-0.2, 0) is 0 Å². The Labute approximate surface area is 88.7 Å². The molecule has 66 valence electrons. The molecule has 0 fully saturated rings. The number of hydrogen-bond donors (Lipinski definition) is 1. The second-order valence-corrected chi connectivity index (χ2v) is 3.69. The highest BCUT2D eigenvalue weighted by atomic mass is 79.9. The number of halogens is 1. The first kappa shape index (κ1) is 8.77. The van der Waals surface area contributed by atoms with E-state index in [-0.39, 0.29) is 5.22 Å². The molecule has 0 aliphatic heterocycles. The zero-order valence-electron chi connectivity index (χ0n) is 6.44. The first-order valence-electron chi connectivity index (χ1n) is 3.54. The van der Waals surface area contributed by atoms with Gasteiger partial charge in [-0.3, -0.25) is 0 Å². The van der Waals surface area contributed by atoms with E-state index in [1.54, 1.807) is 0 Å². The highest BCUT2D eigenvalue weighted by molar-refractivity contribution is 9.10. The molecule has 5 heteroatoms. The molecule has 0 N–H and O–H groups in total. The predicted octanol–water partition coefficient (Wildman–Crippen LogP) is 2.79. The van der Waals surface area contributed by atoms with E-state index < -0.39 is 0 Å². The van der Waals surface area contributed by atoms with Crippen LogP contribution in [-0.4, -0.2) is 10.2 Å². The molecule has 0 atom stereocenters. The van der Waals surface area contributed by atoms with Crippen molar-refractivity contribution in [3.05, 3.63) is 28.7 Å². The minimum atomic E-state index is 0.276. The summed E-state index contributed by atoms with van der Waals surface area (Å²) in [4.78, 5) is 0. The van der Waals surface area contributed by atoms with Crippen molar-refractivity contribution in [3.8, 4) is 11.5 Å². The minimum Gasteiger partial charge on any atom is -0.411 e. The summed E-state index contributed by atoms with van der Waals surface area (Å²) in [7, 11) is 0. The van der Waals surface area contributed by atoms with Gasteiger partial charge < -0.3 is 4.42 Å². The summed E-state index contributed by atoms with van der Waals surface area (Å²) in [6.45, 7) is 0. The summed E-state index contributed by atoms with van der Waals surface area (Å²) in [5, 5.41) is 7.73. The van der Waals surface area contributed by atoms with Gasteiger partial charge in [0.05, 0.1) is 0 Å². The third kappa shape index (κ3) is 1.92. The lowest BCUT2D eigenvalue weighted by Gasteiger charge is -1.93. The third-order valence-corrected chi connectivity index (χ3v) is 2.21. The van der Waals surface area contributed by atoms with Gasteiger partial charge in [-0.2, -0.15) is 0 Å². The fourth-order valence-electron chi connectivity index (χ4n) is 0.925. The van der Waals surface area contributed by atoms with E-state index in [4.69, 9.17) is 4.42 Å². The van der Waals surface area contributed by atoms with Crippen molar-refractivity contribution in [2.75, 3.05) is 0 Å². The Kier molecular flexibility index (Phi) is 2.37. The first-order valence-corrected chi connectivity index (χ1v) is 4.78. The Morgan fingerprint density at radius 1 is 1.15 bits per heavy atom. The SMILES string of the molecule is Sc1nnc(-c2ccc(Br)cc2)o1. The molecule has 0 spiro atoms. The molecular formula is C8H5BrN2OS. The summed E-state index contributed by atoms with van der Waals surface area (Å²) < 4.78 is 6.15. The van der Waals surface area contributed by atoms with E-state index in [0.29, 0.717) is 5.89 Å². The lowest BCUT2D eigenvalue weighted by molar-refractivity contribution is 0.468. The van der Waals surface area contributed by atoms with Crippen molar-refractivity contribution in [2.45, 2.75) is 5.22 Å². The summed E-state index contributed by atoms with van der Waals surface area (Å²) in [6.07, 6.45) is 0. The maximum Gasteiger partial charge on any atom is 0.273 e. The number of benzene rings is 1. The Morgan fingerprint density at radius 3 is 2.38 bits per heavy atom. The molecule has 0 saturated heterocycles. The van der Waals surface area contributed by atoms with Gasteiger partial charge in [-0.25, -0.2) is 0 Å². The van der Waals surface area contributed by atoms with Gasteiger partial charge in [-0.1, -0.05) is 28.6 Å². The van der Waals surface area contributed by atoms with E-state index in [0.717, 1.165) is 10.0 Å². The molecule has 0 aliphatic rings. The number of aromatic nitrogens is 2. The molecule has 0 aliphatic carbocycles. The van der Waals surface area contributed by atoms with E-state index >= 15 is 0 Å². The van der Waals surface area contributed by atoms with E-state index in [1.165, 1.54) is 0 Å². The fraction of sp³-hybridized carbons (Fsp3) is 0. The maximum atomic E-state index is 5.14. The smallest absolute Gasteiger partial charge is 0.273 e. The summed E-state index contributed by atoms with van der Waals surface area (Å²) in [6, 6.07) is 7.62. The standard InChI is InChI=1S/C8H5BrN2OS/c9-6-3-1-5(2-4-6)7-10-11-8(13)12-7/h1-4H,(H,11,13). The lowest BCUT2D eigenvalue weighted by Crippen LogP contribution is -1.76. The van der Waals surface area contributed by atoms with Crippen LogP contribution >= 0.6 is 28.6 Å². The van der Waals surface area contributed by atoms with Gasteiger partial charge in [0.1, 0.15) is 0 Å². The van der Waals surface area contributed by atoms with Crippen molar-refractivity contribution >= 4 is 28.6 Å². The van der Waals surface area contributed by atoms with Crippen molar-refractivity contribution in [1.82, 2.24) is 10.2 Å². The highest BCUT2D eigenvalue weighted by Crippen LogP contribution is 2.20. The molecule has 0 amide bonds. The fourth-order valence-corrected chi connectivity index (χ4v) is 1.32. The van der Waals surface area contributed by atoms with Gasteiger partial charge in [-0.05, 0) is 24.3 Å². The normalized spacial score (nSPS) is 10.3. The molecule has 0 unspecified atom stereocenters. The molecule has 13 heavy (non-hydrogen) atoms. The summed E-state index contributed by atoms with van der Waals surface area (Å²) >= 11 is 7.27. The molecule has 0 radical (unpaired) electrons. The van der Waals surface area contributed by atoms with E-state index in [1.807, 2.05) is 24.3 Å². The number of nitrogens with zero attached hydrogens (tertiary/aromatic N) is 2. The van der Waals surface area contributed by atoms with Gasteiger partial charge in [0.25, 0.3) is 5.22 Å². The van der Waals surface area contributed by atoms with Gasteiger partial charge in [0.2, 0.25) is 5.89 Å². The van der Waals surface area contributed by atoms with Gasteiger partial charge in [0.15, 0.2) is 0 Å². The lowest BCUT2D eigenvalue weighted by atomic mass is 10.2. The molecule has 0 saturated carbocycles. The Morgan fingerprint density at radius 2 is 1.85 bits per heavy atom. The quantitative estimate of drug-likeness (QED) is 0.798. The monoisotopic (exact) mass is 256 g/mol. The second-order valence-electron chi connectivity index (χ2n) is 2.40. The van der Waals surface area contributed by atoms with E-state index in [9.17, 15) is 0 Å². The first-order chi connectivity index (χ1) is 6.25.